The maximum absolute atomic E-state index is 12.8. The van der Waals surface area contributed by atoms with Gasteiger partial charge >= 0.3 is 5.97 Å². The van der Waals surface area contributed by atoms with E-state index < -0.39 is 0 Å². The second kappa shape index (κ2) is 6.88. The Morgan fingerprint density at radius 2 is 1.88 bits per heavy atom. The SMILES string of the molecule is Cc1ccc(CC(=O)OC23CCC(CC2)N3C)c(C2CCCCC2)c1O. The van der Waals surface area contributed by atoms with E-state index in [0.717, 1.165) is 55.2 Å². The van der Waals surface area contributed by atoms with E-state index in [1.807, 2.05) is 19.1 Å². The molecule has 1 saturated carbocycles. The predicted octanol–water partition coefficient (Wildman–Crippen LogP) is 4.42. The van der Waals surface area contributed by atoms with Gasteiger partial charge in [0.1, 0.15) is 5.75 Å². The third-order valence-corrected chi connectivity index (χ3v) is 7.09. The first kappa shape index (κ1) is 17.8. The smallest absolute Gasteiger partial charge is 0.312 e. The Bertz CT molecular complexity index is 685. The van der Waals surface area contributed by atoms with Gasteiger partial charge in [-0.1, -0.05) is 31.4 Å². The third kappa shape index (κ3) is 3.02. The van der Waals surface area contributed by atoms with Gasteiger partial charge in [0.2, 0.25) is 0 Å². The number of benzene rings is 1. The quantitative estimate of drug-likeness (QED) is 0.811. The molecule has 0 spiro atoms. The highest BCUT2D eigenvalue weighted by Gasteiger charge is 2.52. The number of hydrogen-bond acceptors (Lipinski definition) is 4. The predicted molar refractivity (Wildman–Crippen MR) is 101 cm³/mol. The highest BCUT2D eigenvalue weighted by molar-refractivity contribution is 5.74. The molecule has 0 amide bonds. The summed E-state index contributed by atoms with van der Waals surface area (Å²) < 4.78 is 6.02. The van der Waals surface area contributed by atoms with E-state index in [9.17, 15) is 9.90 Å². The number of esters is 1. The molecule has 0 aromatic heterocycles. The lowest BCUT2D eigenvalue weighted by atomic mass is 9.80. The second-order valence-electron chi connectivity index (χ2n) is 8.58. The van der Waals surface area contributed by atoms with E-state index in [1.165, 1.54) is 19.3 Å². The number of fused-ring (bicyclic) bond motifs is 2. The van der Waals surface area contributed by atoms with Crippen LogP contribution in [0.4, 0.5) is 0 Å². The number of hydrogen-bond donors (Lipinski definition) is 1. The fraction of sp³-hybridized carbons (Fsp3) is 0.682. The van der Waals surface area contributed by atoms with E-state index in [-0.39, 0.29) is 18.1 Å². The van der Waals surface area contributed by atoms with Gasteiger partial charge in [0.15, 0.2) is 5.72 Å². The average molecular weight is 357 g/mol. The van der Waals surface area contributed by atoms with Crippen molar-refractivity contribution >= 4 is 5.97 Å². The van der Waals surface area contributed by atoms with E-state index in [0.29, 0.717) is 17.7 Å². The van der Waals surface area contributed by atoms with Gasteiger partial charge in [0, 0.05) is 24.4 Å². The summed E-state index contributed by atoms with van der Waals surface area (Å²) in [5.41, 5.74) is 2.48. The monoisotopic (exact) mass is 357 g/mol. The first-order valence-electron chi connectivity index (χ1n) is 10.3. The number of carbonyl (C=O) groups is 1. The van der Waals surface area contributed by atoms with Gasteiger partial charge in [0.05, 0.1) is 6.42 Å². The number of aryl methyl sites for hydroxylation is 1. The molecule has 2 heterocycles. The van der Waals surface area contributed by atoms with Crippen LogP contribution in [-0.4, -0.2) is 34.8 Å². The minimum absolute atomic E-state index is 0.153. The van der Waals surface area contributed by atoms with Crippen molar-refractivity contribution in [2.45, 2.75) is 88.8 Å². The summed E-state index contributed by atoms with van der Waals surface area (Å²) in [6.07, 6.45) is 10.3. The summed E-state index contributed by atoms with van der Waals surface area (Å²) in [4.78, 5) is 15.1. The molecule has 2 aliphatic heterocycles. The van der Waals surface area contributed by atoms with Crippen LogP contribution in [0.2, 0.25) is 0 Å². The van der Waals surface area contributed by atoms with Gasteiger partial charge in [-0.3, -0.25) is 9.69 Å². The molecule has 26 heavy (non-hydrogen) atoms. The minimum atomic E-state index is -0.376. The first-order valence-corrected chi connectivity index (χ1v) is 10.3. The van der Waals surface area contributed by atoms with Crippen LogP contribution in [0, 0.1) is 6.92 Å². The maximum atomic E-state index is 12.8. The molecule has 3 aliphatic rings. The van der Waals surface area contributed by atoms with Crippen LogP contribution < -0.4 is 0 Å². The first-order chi connectivity index (χ1) is 12.5. The van der Waals surface area contributed by atoms with Crippen molar-refractivity contribution in [2.75, 3.05) is 7.05 Å². The van der Waals surface area contributed by atoms with Crippen LogP contribution in [0.5, 0.6) is 5.75 Å². The fourth-order valence-electron chi connectivity index (χ4n) is 5.46. The summed E-state index contributed by atoms with van der Waals surface area (Å²) >= 11 is 0. The van der Waals surface area contributed by atoms with E-state index >= 15 is 0 Å². The third-order valence-electron chi connectivity index (χ3n) is 7.09. The van der Waals surface area contributed by atoms with E-state index in [4.69, 9.17) is 4.74 Å². The molecule has 4 rings (SSSR count). The molecule has 142 valence electrons. The molecule has 4 nitrogen and oxygen atoms in total. The van der Waals surface area contributed by atoms with Crippen LogP contribution in [0.3, 0.4) is 0 Å². The van der Waals surface area contributed by atoms with Crippen molar-refractivity contribution in [1.82, 2.24) is 4.90 Å². The van der Waals surface area contributed by atoms with Gasteiger partial charge in [-0.25, -0.2) is 0 Å². The fourth-order valence-corrected chi connectivity index (χ4v) is 5.46. The second-order valence-corrected chi connectivity index (χ2v) is 8.58. The van der Waals surface area contributed by atoms with Crippen LogP contribution in [0.15, 0.2) is 12.1 Å². The average Bonchev–Trinajstić information content (AvgIpc) is 3.10. The van der Waals surface area contributed by atoms with Crippen molar-refractivity contribution in [1.29, 1.82) is 0 Å². The van der Waals surface area contributed by atoms with Crippen molar-refractivity contribution in [3.8, 4) is 5.75 Å². The molecular formula is C22H31NO3. The molecule has 2 saturated heterocycles. The molecule has 1 N–H and O–H groups in total. The Balaban J connectivity index is 1.54. The number of rotatable bonds is 4. The zero-order valence-corrected chi connectivity index (χ0v) is 16.1. The lowest BCUT2D eigenvalue weighted by Gasteiger charge is -2.32. The molecule has 3 fully saturated rings. The molecule has 1 aromatic rings. The van der Waals surface area contributed by atoms with Crippen LogP contribution in [0.1, 0.15) is 80.4 Å². The van der Waals surface area contributed by atoms with Crippen LogP contribution in [0.25, 0.3) is 0 Å². The highest BCUT2D eigenvalue weighted by Crippen LogP contribution is 2.46. The molecule has 0 radical (unpaired) electrons. The zero-order chi connectivity index (χ0) is 18.3. The van der Waals surface area contributed by atoms with Gasteiger partial charge in [0.25, 0.3) is 0 Å². The molecular weight excluding hydrogens is 326 g/mol. The van der Waals surface area contributed by atoms with Crippen LogP contribution in [-0.2, 0) is 16.0 Å². The lowest BCUT2D eigenvalue weighted by molar-refractivity contribution is -0.172. The largest absolute Gasteiger partial charge is 0.507 e. The number of phenolic OH excluding ortho intramolecular Hbond substituents is 1. The Labute approximate surface area is 156 Å². The van der Waals surface area contributed by atoms with Crippen molar-refractivity contribution < 1.29 is 14.6 Å². The lowest BCUT2D eigenvalue weighted by Crippen LogP contribution is -2.42. The van der Waals surface area contributed by atoms with Crippen molar-refractivity contribution in [2.24, 2.45) is 0 Å². The Kier molecular flexibility index (Phi) is 4.72. The standard InChI is InChI=1S/C22H31NO3/c1-15-8-9-17(20(21(15)25)16-6-4-3-5-7-16)14-19(24)26-22-12-10-18(11-13-22)23(22)2/h8-9,16,18,25H,3-7,10-14H2,1-2H3. The number of nitrogens with zero attached hydrogens (tertiary/aromatic N) is 1. The molecule has 4 heteroatoms. The molecule has 0 atom stereocenters. The summed E-state index contributed by atoms with van der Waals surface area (Å²) in [6.45, 7) is 1.94. The van der Waals surface area contributed by atoms with Gasteiger partial charge in [-0.2, -0.15) is 0 Å². The maximum Gasteiger partial charge on any atom is 0.312 e. The number of carbonyl (C=O) groups excluding carboxylic acids is 1. The van der Waals surface area contributed by atoms with Crippen LogP contribution >= 0.6 is 0 Å². The molecule has 0 unspecified atom stereocenters. The molecule has 2 bridgehead atoms. The Morgan fingerprint density at radius 3 is 2.50 bits per heavy atom. The minimum Gasteiger partial charge on any atom is -0.507 e. The molecule has 1 aliphatic carbocycles. The zero-order valence-electron chi connectivity index (χ0n) is 16.1. The summed E-state index contributed by atoms with van der Waals surface area (Å²) in [5.74, 6) is 0.605. The number of ether oxygens (including phenoxy) is 1. The van der Waals surface area contributed by atoms with E-state index in [1.54, 1.807) is 0 Å². The van der Waals surface area contributed by atoms with E-state index in [2.05, 4.69) is 11.9 Å². The highest BCUT2D eigenvalue weighted by atomic mass is 16.6. The Hall–Kier alpha value is -1.55. The molecule has 1 aromatic carbocycles. The van der Waals surface area contributed by atoms with Crippen molar-refractivity contribution in [3.05, 3.63) is 28.8 Å². The van der Waals surface area contributed by atoms with Gasteiger partial charge in [-0.05, 0) is 56.7 Å². The van der Waals surface area contributed by atoms with Gasteiger partial charge in [-0.15, -0.1) is 0 Å². The summed E-state index contributed by atoms with van der Waals surface area (Å²) in [7, 11) is 2.09. The number of phenols is 1. The Morgan fingerprint density at radius 1 is 1.19 bits per heavy atom. The van der Waals surface area contributed by atoms with Crippen molar-refractivity contribution in [3.63, 3.8) is 0 Å². The normalized spacial score (nSPS) is 29.2. The summed E-state index contributed by atoms with van der Waals surface area (Å²) in [6, 6.07) is 4.52. The number of aromatic hydroxyl groups is 1. The topological polar surface area (TPSA) is 49.8 Å². The summed E-state index contributed by atoms with van der Waals surface area (Å²) in [5, 5.41) is 10.7. The van der Waals surface area contributed by atoms with Gasteiger partial charge < -0.3 is 9.84 Å².